The molecule has 1 heterocycles. The number of rotatable bonds is 3. The second kappa shape index (κ2) is 5.72. The lowest BCUT2D eigenvalue weighted by Crippen LogP contribution is -2.20. The topological polar surface area (TPSA) is 84.0 Å². The van der Waals surface area contributed by atoms with Gasteiger partial charge < -0.3 is 5.32 Å². The molecule has 0 saturated carbocycles. The highest BCUT2D eigenvalue weighted by Crippen LogP contribution is 2.10. The van der Waals surface area contributed by atoms with E-state index in [-0.39, 0.29) is 5.78 Å². The quantitative estimate of drug-likeness (QED) is 0.825. The fraction of sp³-hybridized carbons (Fsp3) is 0.0769. The second-order valence-electron chi connectivity index (χ2n) is 3.80. The first kappa shape index (κ1) is 12.7. The van der Waals surface area contributed by atoms with Gasteiger partial charge in [0.05, 0.1) is 6.20 Å². The Labute approximate surface area is 109 Å². The van der Waals surface area contributed by atoms with E-state index in [1.54, 1.807) is 24.3 Å². The van der Waals surface area contributed by atoms with Gasteiger partial charge in [-0.05, 0) is 31.2 Å². The number of carbonyl (C=O) groups is 2. The van der Waals surface area contributed by atoms with E-state index in [0.717, 1.165) is 0 Å². The Hall–Kier alpha value is -2.76. The van der Waals surface area contributed by atoms with E-state index in [1.165, 1.54) is 25.5 Å². The molecule has 0 radical (unpaired) electrons. The van der Waals surface area contributed by atoms with Crippen molar-refractivity contribution in [3.8, 4) is 0 Å². The number of hydrogen-bond acceptors (Lipinski definition) is 4. The zero-order valence-corrected chi connectivity index (χ0v) is 10.3. The summed E-state index contributed by atoms with van der Waals surface area (Å²) >= 11 is 0. The number of ketones is 1. The smallest absolute Gasteiger partial charge is 0.308 e. The van der Waals surface area contributed by atoms with Crippen LogP contribution in [0.2, 0.25) is 0 Å². The standard InChI is InChI=1S/C13H12N4O2/c1-9(18)10-2-4-11(5-3-10)16-13(19)17-12-8-14-6-7-15-12/h2-8H,1H3,(H2,15,16,17,19). The van der Waals surface area contributed by atoms with Gasteiger partial charge in [0.15, 0.2) is 11.6 Å². The molecule has 0 atom stereocenters. The van der Waals surface area contributed by atoms with Crippen molar-refractivity contribution < 1.29 is 9.59 Å². The van der Waals surface area contributed by atoms with Gasteiger partial charge in [0.25, 0.3) is 0 Å². The van der Waals surface area contributed by atoms with Crippen LogP contribution in [0, 0.1) is 0 Å². The van der Waals surface area contributed by atoms with E-state index in [0.29, 0.717) is 17.1 Å². The maximum absolute atomic E-state index is 11.6. The van der Waals surface area contributed by atoms with Gasteiger partial charge in [-0.3, -0.25) is 15.1 Å². The van der Waals surface area contributed by atoms with Gasteiger partial charge >= 0.3 is 6.03 Å². The fourth-order valence-electron chi connectivity index (χ4n) is 1.43. The van der Waals surface area contributed by atoms with Gasteiger partial charge in [-0.2, -0.15) is 0 Å². The lowest BCUT2D eigenvalue weighted by Gasteiger charge is -2.06. The predicted molar refractivity (Wildman–Crippen MR) is 71.1 cm³/mol. The summed E-state index contributed by atoms with van der Waals surface area (Å²) in [5, 5.41) is 5.16. The van der Waals surface area contributed by atoms with Crippen LogP contribution in [0.25, 0.3) is 0 Å². The molecule has 6 heteroatoms. The molecule has 0 saturated heterocycles. The van der Waals surface area contributed by atoms with Crippen LogP contribution in [0.4, 0.5) is 16.3 Å². The van der Waals surface area contributed by atoms with Gasteiger partial charge in [-0.1, -0.05) is 0 Å². The monoisotopic (exact) mass is 256 g/mol. The van der Waals surface area contributed by atoms with E-state index in [1.807, 2.05) is 0 Å². The van der Waals surface area contributed by atoms with Crippen LogP contribution in [-0.2, 0) is 0 Å². The molecule has 96 valence electrons. The minimum atomic E-state index is -0.420. The molecule has 1 aromatic heterocycles. The normalized spacial score (nSPS) is 9.74. The lowest BCUT2D eigenvalue weighted by molar-refractivity contribution is 0.101. The van der Waals surface area contributed by atoms with E-state index < -0.39 is 6.03 Å². The van der Waals surface area contributed by atoms with Gasteiger partial charge in [0.2, 0.25) is 0 Å². The molecule has 1 aromatic carbocycles. The summed E-state index contributed by atoms with van der Waals surface area (Å²) in [6.07, 6.45) is 4.44. The van der Waals surface area contributed by atoms with Crippen molar-refractivity contribution >= 4 is 23.3 Å². The van der Waals surface area contributed by atoms with E-state index >= 15 is 0 Å². The Kier molecular flexibility index (Phi) is 3.82. The summed E-state index contributed by atoms with van der Waals surface area (Å²) in [6.45, 7) is 1.49. The van der Waals surface area contributed by atoms with Crippen molar-refractivity contribution in [3.63, 3.8) is 0 Å². The van der Waals surface area contributed by atoms with Crippen molar-refractivity contribution in [3.05, 3.63) is 48.4 Å². The molecular formula is C13H12N4O2. The lowest BCUT2D eigenvalue weighted by atomic mass is 10.1. The SMILES string of the molecule is CC(=O)c1ccc(NC(=O)Nc2cnccn2)cc1. The molecule has 2 rings (SSSR count). The highest BCUT2D eigenvalue weighted by atomic mass is 16.2. The zero-order chi connectivity index (χ0) is 13.7. The minimum absolute atomic E-state index is 0.0180. The average Bonchev–Trinajstić information content (AvgIpc) is 2.40. The number of nitrogens with zero attached hydrogens (tertiary/aromatic N) is 2. The molecule has 0 bridgehead atoms. The number of amides is 2. The first-order chi connectivity index (χ1) is 9.15. The third-order valence-electron chi connectivity index (χ3n) is 2.35. The van der Waals surface area contributed by atoms with Gasteiger partial charge in [0, 0.05) is 23.6 Å². The molecule has 0 aliphatic heterocycles. The molecule has 6 nitrogen and oxygen atoms in total. The summed E-state index contributed by atoms with van der Waals surface area (Å²) in [4.78, 5) is 30.5. The minimum Gasteiger partial charge on any atom is -0.308 e. The van der Waals surface area contributed by atoms with Crippen LogP contribution in [0.3, 0.4) is 0 Å². The summed E-state index contributed by atoms with van der Waals surface area (Å²) in [7, 11) is 0. The second-order valence-corrected chi connectivity index (χ2v) is 3.80. The maximum Gasteiger partial charge on any atom is 0.324 e. The van der Waals surface area contributed by atoms with Crippen LogP contribution in [0.5, 0.6) is 0 Å². The molecule has 0 aliphatic rings. The Morgan fingerprint density at radius 2 is 1.79 bits per heavy atom. The molecule has 2 amide bonds. The maximum atomic E-state index is 11.6. The number of hydrogen-bond donors (Lipinski definition) is 2. The summed E-state index contributed by atoms with van der Waals surface area (Å²) < 4.78 is 0. The molecule has 0 unspecified atom stereocenters. The Balaban J connectivity index is 1.97. The van der Waals surface area contributed by atoms with E-state index in [9.17, 15) is 9.59 Å². The van der Waals surface area contributed by atoms with Crippen LogP contribution < -0.4 is 10.6 Å². The van der Waals surface area contributed by atoms with Crippen molar-refractivity contribution in [1.82, 2.24) is 9.97 Å². The Bertz CT molecular complexity index is 581. The summed E-state index contributed by atoms with van der Waals surface area (Å²) in [5.41, 5.74) is 1.19. The van der Waals surface area contributed by atoms with Crippen molar-refractivity contribution in [2.45, 2.75) is 6.92 Å². The summed E-state index contributed by atoms with van der Waals surface area (Å²) in [6, 6.07) is 6.21. The highest BCUT2D eigenvalue weighted by Gasteiger charge is 2.04. The molecule has 0 fully saturated rings. The molecule has 0 aliphatic carbocycles. The van der Waals surface area contributed by atoms with Crippen LogP contribution in [-0.4, -0.2) is 21.8 Å². The molecule has 2 N–H and O–H groups in total. The van der Waals surface area contributed by atoms with Gasteiger partial charge in [0.1, 0.15) is 0 Å². The number of benzene rings is 1. The zero-order valence-electron chi connectivity index (χ0n) is 10.3. The number of anilines is 2. The Morgan fingerprint density at radius 1 is 1.05 bits per heavy atom. The number of Topliss-reactive ketones (excluding diaryl/α,β-unsaturated/α-hetero) is 1. The third-order valence-corrected chi connectivity index (χ3v) is 2.35. The summed E-state index contributed by atoms with van der Waals surface area (Å²) in [5.74, 6) is 0.343. The third kappa shape index (κ3) is 3.60. The van der Waals surface area contributed by atoms with Crippen molar-refractivity contribution in [2.75, 3.05) is 10.6 Å². The van der Waals surface area contributed by atoms with E-state index in [2.05, 4.69) is 20.6 Å². The van der Waals surface area contributed by atoms with Crippen LogP contribution in [0.15, 0.2) is 42.9 Å². The molecule has 19 heavy (non-hydrogen) atoms. The average molecular weight is 256 g/mol. The van der Waals surface area contributed by atoms with E-state index in [4.69, 9.17) is 0 Å². The first-order valence-electron chi connectivity index (χ1n) is 5.60. The number of nitrogens with one attached hydrogen (secondary N) is 2. The predicted octanol–water partition coefficient (Wildman–Crippen LogP) is 2.32. The van der Waals surface area contributed by atoms with Gasteiger partial charge in [-0.15, -0.1) is 0 Å². The first-order valence-corrected chi connectivity index (χ1v) is 5.60. The highest BCUT2D eigenvalue weighted by molar-refractivity contribution is 5.99. The largest absolute Gasteiger partial charge is 0.324 e. The van der Waals surface area contributed by atoms with Crippen LogP contribution in [0.1, 0.15) is 17.3 Å². The Morgan fingerprint density at radius 3 is 2.37 bits per heavy atom. The molecule has 2 aromatic rings. The molecule has 0 spiro atoms. The van der Waals surface area contributed by atoms with Crippen LogP contribution >= 0.6 is 0 Å². The fourth-order valence-corrected chi connectivity index (χ4v) is 1.43. The number of urea groups is 1. The van der Waals surface area contributed by atoms with Crippen molar-refractivity contribution in [1.29, 1.82) is 0 Å². The van der Waals surface area contributed by atoms with Crippen molar-refractivity contribution in [2.24, 2.45) is 0 Å². The number of carbonyl (C=O) groups excluding carboxylic acids is 2. The number of aromatic nitrogens is 2. The van der Waals surface area contributed by atoms with Gasteiger partial charge in [-0.25, -0.2) is 9.78 Å². The molecular weight excluding hydrogens is 244 g/mol.